The second-order valence-electron chi connectivity index (χ2n) is 6.68. The molecule has 1 N–H and O–H groups in total. The number of carbonyl (C=O) groups is 2. The molecule has 0 aliphatic carbocycles. The van der Waals surface area contributed by atoms with Crippen LogP contribution in [0.5, 0.6) is 0 Å². The zero-order chi connectivity index (χ0) is 21.5. The lowest BCUT2D eigenvalue weighted by Crippen LogP contribution is -2.40. The van der Waals surface area contributed by atoms with Gasteiger partial charge in [-0.15, -0.1) is 0 Å². The molecule has 30 heavy (non-hydrogen) atoms. The zero-order valence-electron chi connectivity index (χ0n) is 17.0. The Labute approximate surface area is 174 Å². The van der Waals surface area contributed by atoms with E-state index in [1.807, 2.05) is 32.0 Å². The number of nitrogens with zero attached hydrogens (tertiary/aromatic N) is 4. The highest BCUT2D eigenvalue weighted by Gasteiger charge is 2.23. The monoisotopic (exact) mass is 409 g/mol. The first-order chi connectivity index (χ1) is 14.5. The van der Waals surface area contributed by atoms with Crippen LogP contribution in [-0.4, -0.2) is 44.6 Å². The molecule has 2 aromatic heterocycles. The summed E-state index contributed by atoms with van der Waals surface area (Å²) < 4.78 is 14.6. The van der Waals surface area contributed by atoms with Crippen LogP contribution in [0.1, 0.15) is 35.5 Å². The Morgan fingerprint density at radius 1 is 1.13 bits per heavy atom. The van der Waals surface area contributed by atoms with Gasteiger partial charge >= 0.3 is 0 Å². The van der Waals surface area contributed by atoms with Crippen LogP contribution in [0.4, 0.5) is 4.39 Å². The molecule has 2 amide bonds. The first-order valence-corrected chi connectivity index (χ1v) is 9.82. The Morgan fingerprint density at radius 2 is 1.90 bits per heavy atom. The summed E-state index contributed by atoms with van der Waals surface area (Å²) in [7, 11) is 0. The molecule has 0 fully saturated rings. The molecule has 3 aromatic rings. The van der Waals surface area contributed by atoms with E-state index in [1.165, 1.54) is 23.2 Å². The number of hydrogen-bond acceptors (Lipinski definition) is 4. The Hall–Kier alpha value is -3.55. The number of likely N-dealkylation sites (N-methyl/N-ethyl adjacent to an activating group) is 1. The van der Waals surface area contributed by atoms with Crippen LogP contribution in [0.2, 0.25) is 0 Å². The number of carbonyl (C=O) groups excluding carboxylic acids is 2. The lowest BCUT2D eigenvalue weighted by molar-refractivity contribution is -0.121. The lowest BCUT2D eigenvalue weighted by atomic mass is 10.1. The average molecular weight is 409 g/mol. The van der Waals surface area contributed by atoms with Crippen molar-refractivity contribution >= 4 is 11.8 Å². The third-order valence-electron chi connectivity index (χ3n) is 4.71. The number of nitrogens with one attached hydrogen (secondary N) is 1. The Kier molecular flexibility index (Phi) is 6.90. The topological polar surface area (TPSA) is 80.1 Å². The van der Waals surface area contributed by atoms with E-state index in [-0.39, 0.29) is 30.7 Å². The van der Waals surface area contributed by atoms with Crippen molar-refractivity contribution in [2.45, 2.75) is 26.8 Å². The molecule has 1 aromatic carbocycles. The van der Waals surface area contributed by atoms with Crippen molar-refractivity contribution in [3.05, 3.63) is 77.5 Å². The molecule has 8 heteroatoms. The third-order valence-corrected chi connectivity index (χ3v) is 4.71. The summed E-state index contributed by atoms with van der Waals surface area (Å²) in [6, 6.07) is 11.4. The van der Waals surface area contributed by atoms with E-state index in [0.717, 1.165) is 11.3 Å². The van der Waals surface area contributed by atoms with Crippen LogP contribution in [0.15, 0.2) is 54.9 Å². The quantitative estimate of drug-likeness (QED) is 0.620. The van der Waals surface area contributed by atoms with Crippen LogP contribution in [0, 0.1) is 5.82 Å². The van der Waals surface area contributed by atoms with Crippen molar-refractivity contribution in [1.82, 2.24) is 25.0 Å². The van der Waals surface area contributed by atoms with Gasteiger partial charge in [0.05, 0.1) is 24.0 Å². The molecule has 0 saturated carbocycles. The molecule has 156 valence electrons. The van der Waals surface area contributed by atoms with Crippen LogP contribution in [-0.2, 0) is 17.8 Å². The molecule has 3 rings (SSSR count). The number of amides is 2. The van der Waals surface area contributed by atoms with Gasteiger partial charge in [-0.2, -0.15) is 5.10 Å². The maximum Gasteiger partial charge on any atom is 0.257 e. The molecular weight excluding hydrogens is 385 g/mol. The summed E-state index contributed by atoms with van der Waals surface area (Å²) in [5, 5.41) is 7.10. The van der Waals surface area contributed by atoms with Crippen molar-refractivity contribution in [3.63, 3.8) is 0 Å². The summed E-state index contributed by atoms with van der Waals surface area (Å²) in [5.74, 6) is -0.238. The normalized spacial score (nSPS) is 10.6. The number of hydrogen-bond donors (Lipinski definition) is 1. The Bertz CT molecular complexity index is 1000. The van der Waals surface area contributed by atoms with Gasteiger partial charge in [0, 0.05) is 19.3 Å². The summed E-state index contributed by atoms with van der Waals surface area (Å²) in [6.07, 6.45) is 3.78. The maximum atomic E-state index is 13.1. The molecule has 0 unspecified atom stereocenters. The Balaban J connectivity index is 1.69. The fourth-order valence-corrected chi connectivity index (χ4v) is 3.10. The third kappa shape index (κ3) is 4.89. The van der Waals surface area contributed by atoms with Gasteiger partial charge in [-0.3, -0.25) is 9.59 Å². The van der Waals surface area contributed by atoms with Crippen molar-refractivity contribution in [1.29, 1.82) is 0 Å². The smallest absolute Gasteiger partial charge is 0.257 e. The van der Waals surface area contributed by atoms with Crippen LogP contribution in [0.3, 0.4) is 0 Å². The number of halogens is 1. The minimum Gasteiger partial charge on any atom is -0.350 e. The predicted molar refractivity (Wildman–Crippen MR) is 111 cm³/mol. The summed E-state index contributed by atoms with van der Waals surface area (Å²) in [6.45, 7) is 4.33. The van der Waals surface area contributed by atoms with Gasteiger partial charge in [0.2, 0.25) is 5.91 Å². The van der Waals surface area contributed by atoms with Crippen molar-refractivity contribution in [3.8, 4) is 5.82 Å². The van der Waals surface area contributed by atoms with Crippen molar-refractivity contribution in [2.24, 2.45) is 0 Å². The molecule has 0 radical (unpaired) electrons. The van der Waals surface area contributed by atoms with Gasteiger partial charge in [0.15, 0.2) is 5.82 Å². The fraction of sp³-hybridized carbons (Fsp3) is 0.273. The molecule has 7 nitrogen and oxygen atoms in total. The molecule has 0 atom stereocenters. The van der Waals surface area contributed by atoms with Crippen LogP contribution in [0.25, 0.3) is 5.82 Å². The van der Waals surface area contributed by atoms with Gasteiger partial charge in [0.25, 0.3) is 5.91 Å². The summed E-state index contributed by atoms with van der Waals surface area (Å²) >= 11 is 0. The lowest BCUT2D eigenvalue weighted by Gasteiger charge is -2.20. The van der Waals surface area contributed by atoms with Gasteiger partial charge in [-0.05, 0) is 43.2 Å². The number of rotatable bonds is 8. The zero-order valence-corrected chi connectivity index (χ0v) is 17.0. The van der Waals surface area contributed by atoms with Crippen LogP contribution < -0.4 is 5.32 Å². The molecule has 0 spiro atoms. The second kappa shape index (κ2) is 9.78. The van der Waals surface area contributed by atoms with E-state index in [1.54, 1.807) is 23.0 Å². The minimum atomic E-state index is -0.328. The molecule has 0 bridgehead atoms. The van der Waals surface area contributed by atoms with Crippen molar-refractivity contribution in [2.75, 3.05) is 13.1 Å². The van der Waals surface area contributed by atoms with E-state index in [4.69, 9.17) is 0 Å². The molecule has 0 saturated heterocycles. The van der Waals surface area contributed by atoms with Crippen LogP contribution >= 0.6 is 0 Å². The first kappa shape index (κ1) is 21.2. The molecule has 2 heterocycles. The fourth-order valence-electron chi connectivity index (χ4n) is 3.10. The number of pyridine rings is 1. The predicted octanol–water partition coefficient (Wildman–Crippen LogP) is 2.75. The average Bonchev–Trinajstić information content (AvgIpc) is 3.21. The largest absolute Gasteiger partial charge is 0.350 e. The van der Waals surface area contributed by atoms with E-state index < -0.39 is 0 Å². The van der Waals surface area contributed by atoms with Crippen molar-refractivity contribution < 1.29 is 14.0 Å². The van der Waals surface area contributed by atoms with Gasteiger partial charge in [-0.25, -0.2) is 14.1 Å². The molecular formula is C22H24FN5O2. The number of benzene rings is 1. The van der Waals surface area contributed by atoms with E-state index in [9.17, 15) is 14.0 Å². The first-order valence-electron chi connectivity index (χ1n) is 9.82. The highest BCUT2D eigenvalue weighted by Crippen LogP contribution is 2.16. The number of aromatic nitrogens is 3. The van der Waals surface area contributed by atoms with E-state index in [0.29, 0.717) is 24.3 Å². The summed E-state index contributed by atoms with van der Waals surface area (Å²) in [5.41, 5.74) is 1.98. The van der Waals surface area contributed by atoms with Gasteiger partial charge < -0.3 is 10.2 Å². The molecule has 0 aliphatic heterocycles. The minimum absolute atomic E-state index is 0.0750. The highest BCUT2D eigenvalue weighted by molar-refractivity contribution is 5.97. The molecule has 0 aliphatic rings. The van der Waals surface area contributed by atoms with E-state index in [2.05, 4.69) is 15.4 Å². The van der Waals surface area contributed by atoms with E-state index >= 15 is 0 Å². The Morgan fingerprint density at radius 3 is 2.53 bits per heavy atom. The van der Waals surface area contributed by atoms with Gasteiger partial charge in [0.1, 0.15) is 5.82 Å². The maximum absolute atomic E-state index is 13.1. The second-order valence-corrected chi connectivity index (χ2v) is 6.68. The highest BCUT2D eigenvalue weighted by atomic mass is 19.1. The van der Waals surface area contributed by atoms with Gasteiger partial charge in [-0.1, -0.05) is 25.1 Å². The SMILES string of the molecule is CCc1c(C(=O)N(CC)CC(=O)NCc2ccc(F)cc2)cnn1-c1ccccn1. The standard InChI is InChI=1S/C22H24FN5O2/c1-3-19-18(14-26-28(19)20-7-5-6-12-24-20)22(30)27(4-2)15-21(29)25-13-16-8-10-17(23)11-9-16/h5-12,14H,3-4,13,15H2,1-2H3,(H,25,29). The summed E-state index contributed by atoms with van der Waals surface area (Å²) in [4.78, 5) is 31.2.